The molecule has 2 heterocycles. The quantitative estimate of drug-likeness (QED) is 0.621. The summed E-state index contributed by atoms with van der Waals surface area (Å²) in [5.74, 6) is 1.27. The lowest BCUT2D eigenvalue weighted by molar-refractivity contribution is -0.113. The summed E-state index contributed by atoms with van der Waals surface area (Å²) < 4.78 is 1.97. The number of pyridine rings is 1. The van der Waals surface area contributed by atoms with Gasteiger partial charge in [0, 0.05) is 18.4 Å². The summed E-state index contributed by atoms with van der Waals surface area (Å²) in [4.78, 5) is 16.8. The Labute approximate surface area is 163 Å². The first-order chi connectivity index (χ1) is 13.1. The molecule has 7 heteroatoms. The number of benzene rings is 1. The lowest BCUT2D eigenvalue weighted by atomic mass is 10.0. The maximum Gasteiger partial charge on any atom is 0.234 e. The topological polar surface area (TPSA) is 72.7 Å². The summed E-state index contributed by atoms with van der Waals surface area (Å²) in [6, 6.07) is 13.6. The van der Waals surface area contributed by atoms with E-state index in [1.54, 1.807) is 6.20 Å². The molecule has 3 rings (SSSR count). The van der Waals surface area contributed by atoms with Gasteiger partial charge in [0.05, 0.1) is 5.75 Å². The number of hydrogen-bond acceptors (Lipinski definition) is 5. The van der Waals surface area contributed by atoms with Gasteiger partial charge >= 0.3 is 0 Å². The molecule has 0 aliphatic heterocycles. The van der Waals surface area contributed by atoms with Gasteiger partial charge in [-0.1, -0.05) is 49.9 Å². The van der Waals surface area contributed by atoms with Crippen molar-refractivity contribution in [1.82, 2.24) is 19.7 Å². The van der Waals surface area contributed by atoms with E-state index in [-0.39, 0.29) is 11.7 Å². The summed E-state index contributed by atoms with van der Waals surface area (Å²) >= 11 is 1.38. The Morgan fingerprint density at radius 2 is 1.93 bits per heavy atom. The number of amides is 1. The number of carbonyl (C=O) groups is 1. The van der Waals surface area contributed by atoms with Crippen molar-refractivity contribution >= 4 is 23.4 Å². The zero-order valence-electron chi connectivity index (χ0n) is 15.7. The number of thioether (sulfide) groups is 1. The summed E-state index contributed by atoms with van der Waals surface area (Å²) in [5.41, 5.74) is 2.77. The number of carbonyl (C=O) groups excluding carboxylic acids is 1. The van der Waals surface area contributed by atoms with E-state index in [9.17, 15) is 4.79 Å². The van der Waals surface area contributed by atoms with Gasteiger partial charge in [-0.15, -0.1) is 10.2 Å². The van der Waals surface area contributed by atoms with Crippen LogP contribution in [-0.2, 0) is 11.3 Å². The highest BCUT2D eigenvalue weighted by Gasteiger charge is 2.16. The van der Waals surface area contributed by atoms with Crippen LogP contribution in [-0.4, -0.2) is 31.4 Å². The molecule has 0 radical (unpaired) electrons. The lowest BCUT2D eigenvalue weighted by Gasteiger charge is -2.13. The second-order valence-corrected chi connectivity index (χ2v) is 7.29. The van der Waals surface area contributed by atoms with Crippen molar-refractivity contribution in [3.63, 3.8) is 0 Å². The Morgan fingerprint density at radius 1 is 1.15 bits per heavy atom. The predicted octanol–water partition coefficient (Wildman–Crippen LogP) is 4.21. The highest BCUT2D eigenvalue weighted by Crippen LogP contribution is 2.25. The molecule has 0 saturated heterocycles. The smallest absolute Gasteiger partial charge is 0.234 e. The fourth-order valence-corrected chi connectivity index (χ4v) is 3.60. The average Bonchev–Trinajstić information content (AvgIpc) is 3.10. The van der Waals surface area contributed by atoms with Crippen LogP contribution < -0.4 is 5.32 Å². The van der Waals surface area contributed by atoms with Crippen molar-refractivity contribution in [2.75, 3.05) is 11.1 Å². The molecule has 0 spiro atoms. The third kappa shape index (κ3) is 4.54. The Kier molecular flexibility index (Phi) is 6.24. The molecule has 3 aromatic rings. The van der Waals surface area contributed by atoms with Gasteiger partial charge in [0.2, 0.25) is 5.91 Å². The van der Waals surface area contributed by atoms with Crippen LogP contribution in [0.25, 0.3) is 11.5 Å². The Morgan fingerprint density at radius 3 is 2.63 bits per heavy atom. The van der Waals surface area contributed by atoms with Gasteiger partial charge in [0.15, 0.2) is 11.0 Å². The fraction of sp³-hybridized carbons (Fsp3) is 0.300. The SMILES string of the molecule is CCn1c(SCC(=O)Nc2ccccc2C(C)C)nnc1-c1ccccn1. The van der Waals surface area contributed by atoms with Crippen molar-refractivity contribution in [2.24, 2.45) is 0 Å². The van der Waals surface area contributed by atoms with E-state index in [0.717, 1.165) is 16.9 Å². The van der Waals surface area contributed by atoms with Crippen LogP contribution in [0.2, 0.25) is 0 Å². The highest BCUT2D eigenvalue weighted by atomic mass is 32.2. The Hall–Kier alpha value is -2.67. The standard InChI is InChI=1S/C20H23N5OS/c1-4-25-19(17-11-7-8-12-21-17)23-24-20(25)27-13-18(26)22-16-10-6-5-9-15(16)14(2)3/h5-12,14H,4,13H2,1-3H3,(H,22,26). The Bertz CT molecular complexity index is 908. The minimum Gasteiger partial charge on any atom is -0.325 e. The predicted molar refractivity (Wildman–Crippen MR) is 109 cm³/mol. The molecule has 6 nitrogen and oxygen atoms in total. The summed E-state index contributed by atoms with van der Waals surface area (Å²) in [6.07, 6.45) is 1.73. The van der Waals surface area contributed by atoms with Crippen molar-refractivity contribution in [3.05, 3.63) is 54.2 Å². The average molecular weight is 382 g/mol. The van der Waals surface area contributed by atoms with E-state index in [0.29, 0.717) is 23.4 Å². The van der Waals surface area contributed by atoms with Crippen molar-refractivity contribution in [1.29, 1.82) is 0 Å². The zero-order chi connectivity index (χ0) is 19.2. The summed E-state index contributed by atoms with van der Waals surface area (Å²) in [6.45, 7) is 6.96. The minimum atomic E-state index is -0.0573. The van der Waals surface area contributed by atoms with Crippen LogP contribution in [0, 0.1) is 0 Å². The van der Waals surface area contributed by atoms with Crippen molar-refractivity contribution in [2.45, 2.75) is 38.4 Å². The maximum absolute atomic E-state index is 12.4. The molecule has 0 fully saturated rings. The van der Waals surface area contributed by atoms with E-state index in [1.807, 2.05) is 54.0 Å². The maximum atomic E-state index is 12.4. The molecule has 27 heavy (non-hydrogen) atoms. The lowest BCUT2D eigenvalue weighted by Crippen LogP contribution is -2.16. The van der Waals surface area contributed by atoms with Crippen LogP contribution in [0.3, 0.4) is 0 Å². The first kappa shape index (κ1) is 19.1. The molecule has 1 N–H and O–H groups in total. The first-order valence-electron chi connectivity index (χ1n) is 8.96. The van der Waals surface area contributed by atoms with Crippen LogP contribution >= 0.6 is 11.8 Å². The van der Waals surface area contributed by atoms with E-state index in [1.165, 1.54) is 11.8 Å². The molecular weight excluding hydrogens is 358 g/mol. The third-order valence-electron chi connectivity index (χ3n) is 4.12. The summed E-state index contributed by atoms with van der Waals surface area (Å²) in [5, 5.41) is 12.2. The second-order valence-electron chi connectivity index (χ2n) is 6.34. The second kappa shape index (κ2) is 8.81. The molecule has 0 bridgehead atoms. The van der Waals surface area contributed by atoms with Crippen LogP contribution in [0.1, 0.15) is 32.3 Å². The Balaban J connectivity index is 1.69. The van der Waals surface area contributed by atoms with Crippen molar-refractivity contribution in [3.8, 4) is 11.5 Å². The molecule has 2 aromatic heterocycles. The number of nitrogens with one attached hydrogen (secondary N) is 1. The van der Waals surface area contributed by atoms with Crippen LogP contribution in [0.5, 0.6) is 0 Å². The fourth-order valence-electron chi connectivity index (χ4n) is 2.80. The van der Waals surface area contributed by atoms with E-state index in [4.69, 9.17) is 0 Å². The van der Waals surface area contributed by atoms with Crippen LogP contribution in [0.4, 0.5) is 5.69 Å². The van der Waals surface area contributed by atoms with E-state index in [2.05, 4.69) is 34.3 Å². The number of aromatic nitrogens is 4. The molecule has 1 amide bonds. The number of rotatable bonds is 7. The number of para-hydroxylation sites is 1. The van der Waals surface area contributed by atoms with Gasteiger partial charge in [-0.2, -0.15) is 0 Å². The monoisotopic (exact) mass is 381 g/mol. The van der Waals surface area contributed by atoms with E-state index < -0.39 is 0 Å². The van der Waals surface area contributed by atoms with Crippen molar-refractivity contribution < 1.29 is 4.79 Å². The summed E-state index contributed by atoms with van der Waals surface area (Å²) in [7, 11) is 0. The molecule has 0 aliphatic rings. The molecule has 0 saturated carbocycles. The molecular formula is C20H23N5OS. The van der Waals surface area contributed by atoms with Gasteiger partial charge in [-0.3, -0.25) is 9.78 Å². The number of hydrogen-bond donors (Lipinski definition) is 1. The minimum absolute atomic E-state index is 0.0573. The first-order valence-corrected chi connectivity index (χ1v) is 9.95. The number of nitrogens with zero attached hydrogens (tertiary/aromatic N) is 4. The molecule has 140 valence electrons. The van der Waals surface area contributed by atoms with Gasteiger partial charge in [-0.25, -0.2) is 0 Å². The molecule has 0 atom stereocenters. The molecule has 0 aliphatic carbocycles. The van der Waals surface area contributed by atoms with Gasteiger partial charge in [-0.05, 0) is 36.6 Å². The molecule has 0 unspecified atom stereocenters. The molecule has 1 aromatic carbocycles. The van der Waals surface area contributed by atoms with E-state index >= 15 is 0 Å². The third-order valence-corrected chi connectivity index (χ3v) is 5.08. The van der Waals surface area contributed by atoms with Gasteiger partial charge < -0.3 is 9.88 Å². The van der Waals surface area contributed by atoms with Gasteiger partial charge in [0.25, 0.3) is 0 Å². The number of anilines is 1. The highest BCUT2D eigenvalue weighted by molar-refractivity contribution is 7.99. The largest absolute Gasteiger partial charge is 0.325 e. The zero-order valence-corrected chi connectivity index (χ0v) is 16.5. The van der Waals surface area contributed by atoms with Gasteiger partial charge in [0.1, 0.15) is 5.69 Å². The van der Waals surface area contributed by atoms with Crippen LogP contribution in [0.15, 0.2) is 53.8 Å². The normalized spacial score (nSPS) is 11.0.